The molecule has 4 nitrogen and oxygen atoms in total. The Morgan fingerprint density at radius 3 is 2.33 bits per heavy atom. The summed E-state index contributed by atoms with van der Waals surface area (Å²) in [6, 6.07) is 5.58. The Hall–Kier alpha value is -1.31. The van der Waals surface area contributed by atoms with Gasteiger partial charge in [-0.3, -0.25) is 0 Å². The number of alkyl halides is 3. The van der Waals surface area contributed by atoms with Crippen LogP contribution in [0.1, 0.15) is 30.9 Å². The molecule has 0 radical (unpaired) electrons. The summed E-state index contributed by atoms with van der Waals surface area (Å²) in [5, 5.41) is 11.9. The zero-order valence-corrected chi connectivity index (χ0v) is 11.7. The summed E-state index contributed by atoms with van der Waals surface area (Å²) in [5.41, 5.74) is 6.49. The maximum Gasteiger partial charge on any atom is 0.573 e. The number of benzene rings is 1. The van der Waals surface area contributed by atoms with Crippen molar-refractivity contribution in [1.82, 2.24) is 5.32 Å². The summed E-state index contributed by atoms with van der Waals surface area (Å²) >= 11 is 0. The number of hydrogen-bond donors (Lipinski definition) is 3. The van der Waals surface area contributed by atoms with Gasteiger partial charge >= 0.3 is 6.36 Å². The molecule has 0 fully saturated rings. The van der Waals surface area contributed by atoms with Crippen LogP contribution in [-0.2, 0) is 0 Å². The molecule has 0 aliphatic heterocycles. The van der Waals surface area contributed by atoms with Crippen molar-refractivity contribution in [3.05, 3.63) is 29.8 Å². The molecule has 0 aliphatic carbocycles. The summed E-state index contributed by atoms with van der Waals surface area (Å²) in [7, 11) is 0. The maximum absolute atomic E-state index is 12.1. The van der Waals surface area contributed by atoms with Gasteiger partial charge in [-0.1, -0.05) is 12.1 Å². The van der Waals surface area contributed by atoms with Gasteiger partial charge in [0.2, 0.25) is 0 Å². The van der Waals surface area contributed by atoms with Crippen LogP contribution >= 0.6 is 0 Å². The zero-order valence-electron chi connectivity index (χ0n) is 11.7. The molecule has 7 heteroatoms. The normalized spacial score (nSPS) is 13.2. The predicted molar refractivity (Wildman–Crippen MR) is 73.9 cm³/mol. The van der Waals surface area contributed by atoms with E-state index in [1.54, 1.807) is 12.1 Å². The van der Waals surface area contributed by atoms with Gasteiger partial charge in [-0.15, -0.1) is 13.2 Å². The molecule has 1 unspecified atom stereocenters. The number of nitrogens with one attached hydrogen (secondary N) is 1. The van der Waals surface area contributed by atoms with Crippen LogP contribution in [0.15, 0.2) is 24.3 Å². The van der Waals surface area contributed by atoms with Gasteiger partial charge in [0.15, 0.2) is 0 Å². The lowest BCUT2D eigenvalue weighted by atomic mass is 10.1. The number of nitrogens with two attached hydrogens (primary N) is 1. The molecule has 0 bridgehead atoms. The standard InChI is InChI=1S/C14H21F3N2O2/c15-14(16,17)21-12-6-4-11(5-7-12)13(10-18)19-8-2-1-3-9-20/h4-7,13,19-20H,1-3,8-10,18H2. The Kier molecular flexibility index (Phi) is 7.49. The van der Waals surface area contributed by atoms with Crippen LogP contribution in [0.5, 0.6) is 5.75 Å². The lowest BCUT2D eigenvalue weighted by Crippen LogP contribution is -2.29. The van der Waals surface area contributed by atoms with E-state index in [2.05, 4.69) is 10.1 Å². The van der Waals surface area contributed by atoms with E-state index >= 15 is 0 Å². The van der Waals surface area contributed by atoms with Crippen molar-refractivity contribution in [2.24, 2.45) is 5.73 Å². The number of unbranched alkanes of at least 4 members (excludes halogenated alkanes) is 2. The fourth-order valence-electron chi connectivity index (χ4n) is 1.93. The van der Waals surface area contributed by atoms with Crippen LogP contribution < -0.4 is 15.8 Å². The first-order valence-corrected chi connectivity index (χ1v) is 6.86. The van der Waals surface area contributed by atoms with Crippen LogP contribution in [0.25, 0.3) is 0 Å². The smallest absolute Gasteiger partial charge is 0.406 e. The first kappa shape index (κ1) is 17.7. The third-order valence-electron chi connectivity index (χ3n) is 2.98. The van der Waals surface area contributed by atoms with Crippen LogP contribution in [0.3, 0.4) is 0 Å². The van der Waals surface area contributed by atoms with Crippen molar-refractivity contribution in [3.8, 4) is 5.75 Å². The first-order chi connectivity index (χ1) is 9.96. The van der Waals surface area contributed by atoms with E-state index in [1.165, 1.54) is 12.1 Å². The van der Waals surface area contributed by atoms with Gasteiger partial charge in [-0.05, 0) is 43.5 Å². The molecule has 0 amide bonds. The fraction of sp³-hybridized carbons (Fsp3) is 0.571. The summed E-state index contributed by atoms with van der Waals surface area (Å²) in [4.78, 5) is 0. The average molecular weight is 306 g/mol. The van der Waals surface area contributed by atoms with Gasteiger partial charge in [-0.25, -0.2) is 0 Å². The van der Waals surface area contributed by atoms with Gasteiger partial charge in [0.25, 0.3) is 0 Å². The molecule has 120 valence electrons. The first-order valence-electron chi connectivity index (χ1n) is 6.86. The molecule has 21 heavy (non-hydrogen) atoms. The predicted octanol–water partition coefficient (Wildman–Crippen LogP) is 2.34. The monoisotopic (exact) mass is 306 g/mol. The Morgan fingerprint density at radius 2 is 1.81 bits per heavy atom. The van der Waals surface area contributed by atoms with Gasteiger partial charge in [0.1, 0.15) is 5.75 Å². The highest BCUT2D eigenvalue weighted by Gasteiger charge is 2.31. The van der Waals surface area contributed by atoms with Crippen molar-refractivity contribution >= 4 is 0 Å². The second-order valence-corrected chi connectivity index (χ2v) is 4.64. The van der Waals surface area contributed by atoms with Crippen molar-refractivity contribution in [2.75, 3.05) is 19.7 Å². The highest BCUT2D eigenvalue weighted by molar-refractivity contribution is 5.29. The number of aliphatic hydroxyl groups is 1. The summed E-state index contributed by atoms with van der Waals surface area (Å²) in [5.74, 6) is -0.245. The van der Waals surface area contributed by atoms with Crippen LogP contribution in [0.2, 0.25) is 0 Å². The van der Waals surface area contributed by atoms with E-state index in [9.17, 15) is 13.2 Å². The van der Waals surface area contributed by atoms with Crippen molar-refractivity contribution in [1.29, 1.82) is 0 Å². The third kappa shape index (κ3) is 7.31. The molecule has 1 aromatic carbocycles. The second-order valence-electron chi connectivity index (χ2n) is 4.64. The molecule has 1 rings (SSSR count). The van der Waals surface area contributed by atoms with Gasteiger partial charge < -0.3 is 20.9 Å². The highest BCUT2D eigenvalue weighted by atomic mass is 19.4. The van der Waals surface area contributed by atoms with Crippen molar-refractivity contribution in [3.63, 3.8) is 0 Å². The van der Waals surface area contributed by atoms with Crippen LogP contribution in [-0.4, -0.2) is 31.2 Å². The molecule has 4 N–H and O–H groups in total. The van der Waals surface area contributed by atoms with Crippen LogP contribution in [0.4, 0.5) is 13.2 Å². The van der Waals surface area contributed by atoms with E-state index in [4.69, 9.17) is 10.8 Å². The lowest BCUT2D eigenvalue weighted by molar-refractivity contribution is -0.274. The molecule has 0 spiro atoms. The molecular formula is C14H21F3N2O2. The lowest BCUT2D eigenvalue weighted by Gasteiger charge is -2.18. The van der Waals surface area contributed by atoms with E-state index in [-0.39, 0.29) is 18.4 Å². The van der Waals surface area contributed by atoms with Gasteiger partial charge in [0, 0.05) is 19.2 Å². The topological polar surface area (TPSA) is 67.5 Å². The number of ether oxygens (including phenoxy) is 1. The Balaban J connectivity index is 2.49. The average Bonchev–Trinajstić information content (AvgIpc) is 2.42. The molecule has 0 saturated heterocycles. The van der Waals surface area contributed by atoms with Crippen molar-refractivity contribution < 1.29 is 23.0 Å². The Bertz CT molecular complexity index is 396. The second kappa shape index (κ2) is 8.86. The summed E-state index contributed by atoms with van der Waals surface area (Å²) in [6.45, 7) is 1.27. The van der Waals surface area contributed by atoms with Gasteiger partial charge in [0.05, 0.1) is 0 Å². The Morgan fingerprint density at radius 1 is 1.14 bits per heavy atom. The molecule has 0 aromatic heterocycles. The SMILES string of the molecule is NCC(NCCCCCO)c1ccc(OC(F)(F)F)cc1. The quantitative estimate of drug-likeness (QED) is 0.613. The zero-order chi connectivity index (χ0) is 15.7. The largest absolute Gasteiger partial charge is 0.573 e. The summed E-state index contributed by atoms with van der Waals surface area (Å²) in [6.07, 6.45) is -2.09. The molecule has 0 heterocycles. The molecule has 0 aliphatic rings. The number of rotatable bonds is 9. The molecule has 1 aromatic rings. The minimum Gasteiger partial charge on any atom is -0.406 e. The molecule has 0 saturated carbocycles. The molecule has 1 atom stereocenters. The van der Waals surface area contributed by atoms with Gasteiger partial charge in [-0.2, -0.15) is 0 Å². The van der Waals surface area contributed by atoms with Crippen LogP contribution in [0, 0.1) is 0 Å². The van der Waals surface area contributed by atoms with E-state index in [0.29, 0.717) is 6.54 Å². The minimum atomic E-state index is -4.68. The number of halogens is 3. The Labute approximate surface area is 122 Å². The van der Waals surface area contributed by atoms with E-state index in [1.807, 2.05) is 0 Å². The minimum absolute atomic E-state index is 0.112. The van der Waals surface area contributed by atoms with E-state index in [0.717, 1.165) is 31.4 Å². The number of hydrogen-bond acceptors (Lipinski definition) is 4. The number of aliphatic hydroxyl groups excluding tert-OH is 1. The molecular weight excluding hydrogens is 285 g/mol. The fourth-order valence-corrected chi connectivity index (χ4v) is 1.93. The third-order valence-corrected chi connectivity index (χ3v) is 2.98. The van der Waals surface area contributed by atoms with Crippen molar-refractivity contribution in [2.45, 2.75) is 31.7 Å². The maximum atomic E-state index is 12.1. The summed E-state index contributed by atoms with van der Waals surface area (Å²) < 4.78 is 40.0. The van der Waals surface area contributed by atoms with E-state index < -0.39 is 6.36 Å². The highest BCUT2D eigenvalue weighted by Crippen LogP contribution is 2.24.